The van der Waals surface area contributed by atoms with Crippen molar-refractivity contribution in [3.05, 3.63) is 44.1 Å². The summed E-state index contributed by atoms with van der Waals surface area (Å²) in [5.74, 6) is 0. The van der Waals surface area contributed by atoms with Gasteiger partial charge < -0.3 is 0 Å². The van der Waals surface area contributed by atoms with E-state index in [1.54, 1.807) is 23.7 Å². The normalized spacial score (nSPS) is 11.5. The van der Waals surface area contributed by atoms with Crippen molar-refractivity contribution in [2.75, 3.05) is 0 Å². The fraction of sp³-hybridized carbons (Fsp3) is 0.167. The predicted molar refractivity (Wildman–Crippen MR) is 88.7 cm³/mol. The number of nitrogens with one attached hydrogen (secondary N) is 2. The average Bonchev–Trinajstić information content (AvgIpc) is 3.12. The highest BCUT2D eigenvalue weighted by molar-refractivity contribution is 7.72. The summed E-state index contributed by atoms with van der Waals surface area (Å²) >= 11 is 11.8. The van der Waals surface area contributed by atoms with Crippen molar-refractivity contribution >= 4 is 42.0 Å². The van der Waals surface area contributed by atoms with Crippen LogP contribution in [0.15, 0.2) is 22.7 Å². The summed E-state index contributed by atoms with van der Waals surface area (Å²) in [7, 11) is 0. The standard InChI is InChI=1S/C12H12N6S3/c1-7-5-9(6-14-18-10(19)15-16-11(18)20)8(2)17(7)12-13-3-4-21-12/h3-6H,1-2H3,(H,15,19)(H,16,20)/b14-6-. The van der Waals surface area contributed by atoms with Gasteiger partial charge in [0.05, 0.1) is 6.21 Å². The Labute approximate surface area is 134 Å². The van der Waals surface area contributed by atoms with Crippen LogP contribution in [-0.2, 0) is 0 Å². The number of hydrogen-bond donors (Lipinski definition) is 2. The molecule has 3 rings (SSSR count). The highest BCUT2D eigenvalue weighted by Gasteiger charge is 2.11. The Morgan fingerprint density at radius 3 is 2.62 bits per heavy atom. The van der Waals surface area contributed by atoms with Crippen molar-refractivity contribution in [3.8, 4) is 5.13 Å². The third-order valence-corrected chi connectivity index (χ3v) is 4.36. The van der Waals surface area contributed by atoms with Gasteiger partial charge in [-0.25, -0.2) is 4.98 Å². The minimum atomic E-state index is 0.435. The molecule has 2 N–H and O–H groups in total. The summed E-state index contributed by atoms with van der Waals surface area (Å²) in [6.45, 7) is 4.08. The first-order valence-electron chi connectivity index (χ1n) is 6.11. The zero-order valence-corrected chi connectivity index (χ0v) is 13.8. The molecule has 3 aromatic heterocycles. The Balaban J connectivity index is 2.04. The summed E-state index contributed by atoms with van der Waals surface area (Å²) in [5.41, 5.74) is 3.18. The molecule has 3 heterocycles. The van der Waals surface area contributed by atoms with Gasteiger partial charge in [0.2, 0.25) is 9.54 Å². The van der Waals surface area contributed by atoms with Crippen LogP contribution in [-0.4, -0.2) is 30.6 Å². The average molecular weight is 336 g/mol. The SMILES string of the molecule is Cc1cc(/C=N\n2c(=S)[nH][nH]c2=S)c(C)n1-c1nccs1. The van der Waals surface area contributed by atoms with Crippen LogP contribution in [0.5, 0.6) is 0 Å². The maximum atomic E-state index is 5.10. The van der Waals surface area contributed by atoms with Gasteiger partial charge in [-0.15, -0.1) is 11.3 Å². The third-order valence-electron chi connectivity index (χ3n) is 3.05. The second kappa shape index (κ2) is 5.51. The lowest BCUT2D eigenvalue weighted by molar-refractivity contribution is 0.848. The van der Waals surface area contributed by atoms with Crippen molar-refractivity contribution in [1.82, 2.24) is 24.4 Å². The number of H-pyrrole nitrogens is 2. The predicted octanol–water partition coefficient (Wildman–Crippen LogP) is 3.35. The molecule has 0 aliphatic carbocycles. The summed E-state index contributed by atoms with van der Waals surface area (Å²) < 4.78 is 4.44. The van der Waals surface area contributed by atoms with Crippen LogP contribution >= 0.6 is 35.8 Å². The number of rotatable bonds is 3. The fourth-order valence-electron chi connectivity index (χ4n) is 2.07. The van der Waals surface area contributed by atoms with Gasteiger partial charge in [0.25, 0.3) is 0 Å². The first-order chi connectivity index (χ1) is 10.1. The molecule has 3 aromatic rings. The molecule has 0 aliphatic heterocycles. The molecule has 0 aliphatic rings. The highest BCUT2D eigenvalue weighted by atomic mass is 32.1. The maximum absolute atomic E-state index is 5.10. The molecule has 9 heteroatoms. The van der Waals surface area contributed by atoms with E-state index in [-0.39, 0.29) is 0 Å². The second-order valence-corrected chi connectivity index (χ2v) is 6.04. The molecule has 0 saturated carbocycles. The fourth-order valence-corrected chi connectivity index (χ4v) is 3.26. The first kappa shape index (κ1) is 14.1. The van der Waals surface area contributed by atoms with Crippen LogP contribution in [0.3, 0.4) is 0 Å². The van der Waals surface area contributed by atoms with E-state index in [1.807, 2.05) is 19.2 Å². The summed E-state index contributed by atoms with van der Waals surface area (Å²) in [5, 5.41) is 12.7. The van der Waals surface area contributed by atoms with E-state index < -0.39 is 0 Å². The molecule has 0 amide bonds. The van der Waals surface area contributed by atoms with E-state index in [2.05, 4.69) is 30.9 Å². The molecule has 0 bridgehead atoms. The van der Waals surface area contributed by atoms with Gasteiger partial charge in [0, 0.05) is 28.5 Å². The topological polar surface area (TPSA) is 66.7 Å². The van der Waals surface area contributed by atoms with E-state index in [9.17, 15) is 0 Å². The van der Waals surface area contributed by atoms with Crippen LogP contribution in [0.1, 0.15) is 17.0 Å². The van der Waals surface area contributed by atoms with E-state index in [4.69, 9.17) is 24.4 Å². The van der Waals surface area contributed by atoms with E-state index >= 15 is 0 Å². The second-order valence-electron chi connectivity index (χ2n) is 4.39. The molecule has 0 atom stereocenters. The molecule has 21 heavy (non-hydrogen) atoms. The summed E-state index contributed by atoms with van der Waals surface area (Å²) in [6, 6.07) is 2.06. The number of hydrogen-bond acceptors (Lipinski definition) is 5. The molecule has 0 unspecified atom stereocenters. The minimum absolute atomic E-state index is 0.435. The first-order valence-corrected chi connectivity index (χ1v) is 7.80. The molecule has 0 aromatic carbocycles. The summed E-state index contributed by atoms with van der Waals surface area (Å²) in [6.07, 6.45) is 3.55. The van der Waals surface area contributed by atoms with Gasteiger partial charge in [0.1, 0.15) is 0 Å². The van der Waals surface area contributed by atoms with Gasteiger partial charge >= 0.3 is 0 Å². The monoisotopic (exact) mass is 336 g/mol. The zero-order valence-electron chi connectivity index (χ0n) is 11.3. The van der Waals surface area contributed by atoms with Gasteiger partial charge in [-0.2, -0.15) is 9.78 Å². The van der Waals surface area contributed by atoms with Crippen molar-refractivity contribution in [2.24, 2.45) is 5.10 Å². The summed E-state index contributed by atoms with van der Waals surface area (Å²) in [4.78, 5) is 4.35. The quantitative estimate of drug-likeness (QED) is 0.569. The molecular weight excluding hydrogens is 324 g/mol. The number of aryl methyl sites for hydroxylation is 1. The minimum Gasteiger partial charge on any atom is -0.294 e. The van der Waals surface area contributed by atoms with E-state index in [0.717, 1.165) is 22.1 Å². The molecule has 0 spiro atoms. The highest BCUT2D eigenvalue weighted by Crippen LogP contribution is 2.21. The van der Waals surface area contributed by atoms with Crippen LogP contribution < -0.4 is 0 Å². The van der Waals surface area contributed by atoms with Gasteiger partial charge in [-0.05, 0) is 44.3 Å². The molecule has 0 radical (unpaired) electrons. The Morgan fingerprint density at radius 1 is 1.29 bits per heavy atom. The van der Waals surface area contributed by atoms with E-state index in [1.165, 1.54) is 4.68 Å². The smallest absolute Gasteiger partial charge is 0.215 e. The van der Waals surface area contributed by atoms with Crippen molar-refractivity contribution in [1.29, 1.82) is 0 Å². The Morgan fingerprint density at radius 2 is 2.00 bits per heavy atom. The molecule has 108 valence electrons. The van der Waals surface area contributed by atoms with E-state index in [0.29, 0.717) is 9.54 Å². The third kappa shape index (κ3) is 2.55. The Bertz CT molecular complexity index is 878. The lowest BCUT2D eigenvalue weighted by atomic mass is 10.3. The van der Waals surface area contributed by atoms with Gasteiger partial charge in [0.15, 0.2) is 5.13 Å². The maximum Gasteiger partial charge on any atom is 0.215 e. The Kier molecular flexibility index (Phi) is 3.70. The van der Waals surface area contributed by atoms with Crippen LogP contribution in [0.25, 0.3) is 5.13 Å². The van der Waals surface area contributed by atoms with Crippen LogP contribution in [0.2, 0.25) is 0 Å². The van der Waals surface area contributed by atoms with Crippen molar-refractivity contribution in [2.45, 2.75) is 13.8 Å². The zero-order chi connectivity index (χ0) is 15.0. The molecule has 6 nitrogen and oxygen atoms in total. The lowest BCUT2D eigenvalue weighted by Crippen LogP contribution is -1.99. The van der Waals surface area contributed by atoms with Crippen molar-refractivity contribution in [3.63, 3.8) is 0 Å². The molecule has 0 saturated heterocycles. The number of aromatic nitrogens is 5. The molecular formula is C12H12N6S3. The largest absolute Gasteiger partial charge is 0.294 e. The lowest BCUT2D eigenvalue weighted by Gasteiger charge is -2.04. The number of aromatic amines is 2. The van der Waals surface area contributed by atoms with Crippen molar-refractivity contribution < 1.29 is 0 Å². The number of nitrogens with zero attached hydrogens (tertiary/aromatic N) is 4. The van der Waals surface area contributed by atoms with Gasteiger partial charge in [-0.1, -0.05) is 0 Å². The molecule has 0 fully saturated rings. The Hall–Kier alpha value is -1.84. The van der Waals surface area contributed by atoms with Gasteiger partial charge in [-0.3, -0.25) is 14.8 Å². The number of thiazole rings is 1. The van der Waals surface area contributed by atoms with Crippen LogP contribution in [0.4, 0.5) is 0 Å². The van der Waals surface area contributed by atoms with Crippen LogP contribution in [0, 0.1) is 23.4 Å².